The third-order valence-corrected chi connectivity index (χ3v) is 2.32. The summed E-state index contributed by atoms with van der Waals surface area (Å²) in [6, 6.07) is 6.55. The minimum atomic E-state index is -0.162. The number of benzene rings is 1. The van der Waals surface area contributed by atoms with Gasteiger partial charge in [0.2, 0.25) is 11.8 Å². The fourth-order valence-electron chi connectivity index (χ4n) is 1.52. The number of hydrogen-bond donors (Lipinski definition) is 3. The van der Waals surface area contributed by atoms with Gasteiger partial charge in [-0.3, -0.25) is 9.59 Å². The van der Waals surface area contributed by atoms with Crippen LogP contribution in [0.1, 0.15) is 18.9 Å². The Morgan fingerprint density at radius 2 is 2.00 bits per heavy atom. The van der Waals surface area contributed by atoms with Crippen LogP contribution < -0.4 is 10.6 Å². The number of phenolic OH excluding ortho intramolecular Hbond substituents is 1. The molecule has 0 radical (unpaired) electrons. The number of aromatic hydroxyl groups is 1. The summed E-state index contributed by atoms with van der Waals surface area (Å²) in [5.74, 6) is -0.0947. The quantitative estimate of drug-likeness (QED) is 0.691. The lowest BCUT2D eigenvalue weighted by Crippen LogP contribution is -2.31. The van der Waals surface area contributed by atoms with E-state index in [1.807, 2.05) is 6.92 Å². The second-order valence-electron chi connectivity index (χ2n) is 3.90. The summed E-state index contributed by atoms with van der Waals surface area (Å²) in [6.07, 6.45) is 0.476. The lowest BCUT2D eigenvalue weighted by atomic mass is 10.1. The number of carbonyl (C=O) groups excluding carboxylic acids is 2. The zero-order valence-electron chi connectivity index (χ0n) is 10.4. The molecule has 0 fully saturated rings. The van der Waals surface area contributed by atoms with Crippen molar-refractivity contribution in [1.29, 1.82) is 0 Å². The lowest BCUT2D eigenvalue weighted by molar-refractivity contribution is -0.121. The molecule has 0 bridgehead atoms. The standard InChI is InChI=1S/C13H18N2O3/c1-2-14-12(17)6-7-15-13(18)9-10-4-3-5-11(16)8-10/h3-5,8,16H,2,6-7,9H2,1H3,(H,14,17)(H,15,18). The van der Waals surface area contributed by atoms with Crippen molar-refractivity contribution in [1.82, 2.24) is 10.6 Å². The van der Waals surface area contributed by atoms with Gasteiger partial charge in [0.15, 0.2) is 0 Å². The average Bonchev–Trinajstić information content (AvgIpc) is 2.29. The zero-order chi connectivity index (χ0) is 13.4. The predicted molar refractivity (Wildman–Crippen MR) is 68.1 cm³/mol. The van der Waals surface area contributed by atoms with E-state index in [9.17, 15) is 14.7 Å². The molecule has 0 spiro atoms. The highest BCUT2D eigenvalue weighted by atomic mass is 16.3. The van der Waals surface area contributed by atoms with Crippen LogP contribution in [0.15, 0.2) is 24.3 Å². The summed E-state index contributed by atoms with van der Waals surface area (Å²) in [6.45, 7) is 2.76. The third-order valence-electron chi connectivity index (χ3n) is 2.32. The SMILES string of the molecule is CCNC(=O)CCNC(=O)Cc1cccc(O)c1. The first-order valence-corrected chi connectivity index (χ1v) is 5.93. The first kappa shape index (κ1) is 14.0. The number of nitrogens with one attached hydrogen (secondary N) is 2. The molecule has 2 amide bonds. The Bertz CT molecular complexity index is 418. The van der Waals surface area contributed by atoms with Gasteiger partial charge in [0.05, 0.1) is 6.42 Å². The number of hydrogen-bond acceptors (Lipinski definition) is 3. The van der Waals surface area contributed by atoms with Gasteiger partial charge < -0.3 is 15.7 Å². The number of carbonyl (C=O) groups is 2. The van der Waals surface area contributed by atoms with Crippen LogP contribution >= 0.6 is 0 Å². The highest BCUT2D eigenvalue weighted by Gasteiger charge is 2.05. The van der Waals surface area contributed by atoms with Crippen LogP contribution in [0.2, 0.25) is 0 Å². The molecule has 0 saturated heterocycles. The van der Waals surface area contributed by atoms with Gasteiger partial charge in [-0.15, -0.1) is 0 Å². The van der Waals surface area contributed by atoms with Gasteiger partial charge in [0, 0.05) is 19.5 Å². The molecule has 0 aromatic heterocycles. The molecule has 18 heavy (non-hydrogen) atoms. The maximum absolute atomic E-state index is 11.5. The summed E-state index contributed by atoms with van der Waals surface area (Å²) in [4.78, 5) is 22.7. The maximum Gasteiger partial charge on any atom is 0.224 e. The van der Waals surface area contributed by atoms with Crippen molar-refractivity contribution in [2.75, 3.05) is 13.1 Å². The van der Waals surface area contributed by atoms with Crippen molar-refractivity contribution in [2.45, 2.75) is 19.8 Å². The Morgan fingerprint density at radius 3 is 2.67 bits per heavy atom. The summed E-state index contributed by atoms with van der Waals surface area (Å²) in [5.41, 5.74) is 0.741. The third kappa shape index (κ3) is 5.34. The highest BCUT2D eigenvalue weighted by molar-refractivity contribution is 5.80. The molecule has 5 heteroatoms. The first-order chi connectivity index (χ1) is 8.61. The molecule has 3 N–H and O–H groups in total. The number of rotatable bonds is 6. The largest absolute Gasteiger partial charge is 0.508 e. The molecular formula is C13H18N2O3. The van der Waals surface area contributed by atoms with Crippen molar-refractivity contribution >= 4 is 11.8 Å². The van der Waals surface area contributed by atoms with Crippen LogP contribution in [0.25, 0.3) is 0 Å². The summed E-state index contributed by atoms with van der Waals surface area (Å²) in [7, 11) is 0. The average molecular weight is 250 g/mol. The predicted octanol–water partition coefficient (Wildman–Crippen LogP) is 0.577. The number of amides is 2. The fourth-order valence-corrected chi connectivity index (χ4v) is 1.52. The first-order valence-electron chi connectivity index (χ1n) is 5.93. The smallest absolute Gasteiger partial charge is 0.224 e. The minimum Gasteiger partial charge on any atom is -0.508 e. The lowest BCUT2D eigenvalue weighted by Gasteiger charge is -2.05. The topological polar surface area (TPSA) is 78.4 Å². The van der Waals surface area contributed by atoms with E-state index in [4.69, 9.17) is 0 Å². The van der Waals surface area contributed by atoms with Crippen LogP contribution in [0.4, 0.5) is 0 Å². The molecule has 0 unspecified atom stereocenters. The van der Waals surface area contributed by atoms with Crippen LogP contribution in [-0.4, -0.2) is 30.0 Å². The summed E-state index contributed by atoms with van der Waals surface area (Å²) < 4.78 is 0. The molecular weight excluding hydrogens is 232 g/mol. The van der Waals surface area contributed by atoms with Gasteiger partial charge in [0.25, 0.3) is 0 Å². The molecule has 0 aliphatic rings. The van der Waals surface area contributed by atoms with Crippen LogP contribution in [0.5, 0.6) is 5.75 Å². The van der Waals surface area contributed by atoms with E-state index in [1.165, 1.54) is 0 Å². The molecule has 0 saturated carbocycles. The van der Waals surface area contributed by atoms with Gasteiger partial charge >= 0.3 is 0 Å². The highest BCUT2D eigenvalue weighted by Crippen LogP contribution is 2.10. The van der Waals surface area contributed by atoms with E-state index in [-0.39, 0.29) is 30.4 Å². The van der Waals surface area contributed by atoms with Gasteiger partial charge in [0.1, 0.15) is 5.75 Å². The van der Waals surface area contributed by atoms with Crippen molar-refractivity contribution < 1.29 is 14.7 Å². The monoisotopic (exact) mass is 250 g/mol. The minimum absolute atomic E-state index is 0.0739. The molecule has 0 aliphatic carbocycles. The maximum atomic E-state index is 11.5. The molecule has 1 aromatic carbocycles. The molecule has 98 valence electrons. The Morgan fingerprint density at radius 1 is 1.22 bits per heavy atom. The molecule has 0 aliphatic heterocycles. The zero-order valence-corrected chi connectivity index (χ0v) is 10.4. The van der Waals surface area contributed by atoms with Crippen molar-refractivity contribution in [3.05, 3.63) is 29.8 Å². The van der Waals surface area contributed by atoms with E-state index in [2.05, 4.69) is 10.6 Å². The van der Waals surface area contributed by atoms with E-state index in [0.717, 1.165) is 5.56 Å². The fraction of sp³-hybridized carbons (Fsp3) is 0.385. The van der Waals surface area contributed by atoms with E-state index in [1.54, 1.807) is 24.3 Å². The van der Waals surface area contributed by atoms with Crippen molar-refractivity contribution in [3.8, 4) is 5.75 Å². The summed E-state index contributed by atoms with van der Waals surface area (Å²) in [5, 5.41) is 14.6. The van der Waals surface area contributed by atoms with Crippen molar-refractivity contribution in [2.24, 2.45) is 0 Å². The van der Waals surface area contributed by atoms with E-state index < -0.39 is 0 Å². The second kappa shape index (κ2) is 7.32. The van der Waals surface area contributed by atoms with Crippen LogP contribution in [0.3, 0.4) is 0 Å². The Hall–Kier alpha value is -2.04. The molecule has 1 rings (SSSR count). The normalized spacial score (nSPS) is 9.83. The molecule has 0 heterocycles. The Balaban J connectivity index is 2.28. The van der Waals surface area contributed by atoms with Crippen LogP contribution in [-0.2, 0) is 16.0 Å². The van der Waals surface area contributed by atoms with E-state index >= 15 is 0 Å². The Labute approximate surface area is 106 Å². The van der Waals surface area contributed by atoms with Gasteiger partial charge in [-0.25, -0.2) is 0 Å². The van der Waals surface area contributed by atoms with E-state index in [0.29, 0.717) is 13.1 Å². The summed E-state index contributed by atoms with van der Waals surface area (Å²) >= 11 is 0. The molecule has 5 nitrogen and oxygen atoms in total. The second-order valence-corrected chi connectivity index (χ2v) is 3.90. The van der Waals surface area contributed by atoms with Crippen LogP contribution in [0, 0.1) is 0 Å². The number of phenols is 1. The van der Waals surface area contributed by atoms with Gasteiger partial charge in [-0.1, -0.05) is 12.1 Å². The molecule has 0 atom stereocenters. The van der Waals surface area contributed by atoms with Gasteiger partial charge in [-0.05, 0) is 24.6 Å². The molecule has 1 aromatic rings. The van der Waals surface area contributed by atoms with Crippen molar-refractivity contribution in [3.63, 3.8) is 0 Å². The Kier molecular flexibility index (Phi) is 5.70. The van der Waals surface area contributed by atoms with Gasteiger partial charge in [-0.2, -0.15) is 0 Å².